The van der Waals surface area contributed by atoms with Gasteiger partial charge in [-0.2, -0.15) is 0 Å². The third kappa shape index (κ3) is 4.56. The Morgan fingerprint density at radius 2 is 1.37 bits per heavy atom. The first-order valence-corrected chi connectivity index (χ1v) is 12.6. The number of hydrogen-bond acceptors (Lipinski definition) is 5. The van der Waals surface area contributed by atoms with E-state index in [-0.39, 0.29) is 21.6 Å². The van der Waals surface area contributed by atoms with Crippen LogP contribution in [0.1, 0.15) is 50.6 Å². The Morgan fingerprint density at radius 1 is 0.833 bits per heavy atom. The summed E-state index contributed by atoms with van der Waals surface area (Å²) >= 11 is 0. The van der Waals surface area contributed by atoms with Crippen molar-refractivity contribution in [3.8, 4) is 5.75 Å². The fourth-order valence-corrected chi connectivity index (χ4v) is 6.09. The van der Waals surface area contributed by atoms with Gasteiger partial charge in [-0.05, 0) is 61.7 Å². The maximum absolute atomic E-state index is 12.8. The van der Waals surface area contributed by atoms with Crippen LogP contribution in [-0.2, 0) is 9.84 Å². The molecule has 2 aliphatic rings. The molecule has 1 saturated heterocycles. The van der Waals surface area contributed by atoms with E-state index in [0.717, 1.165) is 37.8 Å². The number of phenolic OH excluding ortho intramolecular Hbond substituents is 1. The molecular weight excluding hydrogens is 396 g/mol. The molecular formula is C24H32N2O3S. The van der Waals surface area contributed by atoms with Crippen LogP contribution < -0.4 is 0 Å². The lowest BCUT2D eigenvalue weighted by molar-refractivity contribution is 0.0602. The summed E-state index contributed by atoms with van der Waals surface area (Å²) in [6.45, 7) is 6.58. The Balaban J connectivity index is 1.39. The van der Waals surface area contributed by atoms with Crippen LogP contribution in [0.3, 0.4) is 0 Å². The van der Waals surface area contributed by atoms with Crippen LogP contribution in [0, 0.1) is 0 Å². The topological polar surface area (TPSA) is 60.9 Å². The van der Waals surface area contributed by atoms with Gasteiger partial charge in [0, 0.05) is 38.3 Å². The number of hydrogen-bond donors (Lipinski definition) is 1. The van der Waals surface area contributed by atoms with E-state index in [1.807, 2.05) is 12.1 Å². The molecule has 2 aromatic rings. The molecule has 0 radical (unpaired) electrons. The smallest absolute Gasteiger partial charge is 0.206 e. The molecule has 1 aliphatic heterocycles. The van der Waals surface area contributed by atoms with Crippen molar-refractivity contribution >= 4 is 9.84 Å². The Bertz CT molecular complexity index is 927. The second-order valence-electron chi connectivity index (χ2n) is 8.61. The number of nitrogens with zero attached hydrogens (tertiary/aromatic N) is 2. The molecule has 0 aromatic heterocycles. The Hall–Kier alpha value is -1.89. The third-order valence-corrected chi connectivity index (χ3v) is 8.59. The zero-order chi connectivity index (χ0) is 21.1. The molecule has 1 saturated carbocycles. The van der Waals surface area contributed by atoms with E-state index >= 15 is 0 Å². The summed E-state index contributed by atoms with van der Waals surface area (Å²) in [6.07, 6.45) is 6.85. The monoisotopic (exact) mass is 428 g/mol. The second kappa shape index (κ2) is 9.08. The molecule has 0 amide bonds. The molecule has 5 nitrogen and oxygen atoms in total. The molecule has 6 heteroatoms. The summed E-state index contributed by atoms with van der Waals surface area (Å²) in [7, 11) is -3.57. The number of aromatic hydroxyl groups is 1. The minimum Gasteiger partial charge on any atom is -0.508 e. The summed E-state index contributed by atoms with van der Waals surface area (Å²) in [4.78, 5) is 5.66. The van der Waals surface area contributed by atoms with E-state index in [1.54, 1.807) is 12.1 Å². The molecule has 1 unspecified atom stereocenters. The van der Waals surface area contributed by atoms with Gasteiger partial charge in [0.05, 0.1) is 9.79 Å². The summed E-state index contributed by atoms with van der Waals surface area (Å²) in [5, 5.41) is 9.40. The highest BCUT2D eigenvalue weighted by molar-refractivity contribution is 7.91. The van der Waals surface area contributed by atoms with E-state index < -0.39 is 9.84 Å². The zero-order valence-corrected chi connectivity index (χ0v) is 18.5. The molecule has 1 atom stereocenters. The van der Waals surface area contributed by atoms with Crippen molar-refractivity contribution in [1.82, 2.24) is 9.80 Å². The average Bonchev–Trinajstić information content (AvgIpc) is 2.80. The largest absolute Gasteiger partial charge is 0.508 e. The lowest BCUT2D eigenvalue weighted by atomic mass is 9.93. The fourth-order valence-electron chi connectivity index (χ4n) is 4.83. The molecule has 0 bridgehead atoms. The van der Waals surface area contributed by atoms with E-state index in [0.29, 0.717) is 0 Å². The minimum atomic E-state index is -3.57. The van der Waals surface area contributed by atoms with Crippen LogP contribution in [0.25, 0.3) is 0 Å². The molecule has 4 rings (SSSR count). The van der Waals surface area contributed by atoms with E-state index in [2.05, 4.69) is 16.7 Å². The van der Waals surface area contributed by atoms with Gasteiger partial charge in [0.15, 0.2) is 0 Å². The second-order valence-corrected chi connectivity index (χ2v) is 10.6. The van der Waals surface area contributed by atoms with Gasteiger partial charge in [0.2, 0.25) is 9.84 Å². The van der Waals surface area contributed by atoms with E-state index in [1.165, 1.54) is 56.4 Å². The molecule has 1 N–H and O–H groups in total. The summed E-state index contributed by atoms with van der Waals surface area (Å²) < 4.78 is 25.6. The number of sulfone groups is 1. The van der Waals surface area contributed by atoms with Gasteiger partial charge in [0.1, 0.15) is 5.75 Å². The molecule has 0 spiro atoms. The summed E-state index contributed by atoms with van der Waals surface area (Å²) in [6, 6.07) is 14.0. The van der Waals surface area contributed by atoms with Gasteiger partial charge in [-0.3, -0.25) is 9.80 Å². The number of rotatable bonds is 5. The highest BCUT2D eigenvalue weighted by Crippen LogP contribution is 2.28. The van der Waals surface area contributed by atoms with Crippen molar-refractivity contribution in [3.63, 3.8) is 0 Å². The molecule has 2 aromatic carbocycles. The molecule has 1 aliphatic carbocycles. The van der Waals surface area contributed by atoms with E-state index in [4.69, 9.17) is 0 Å². The van der Waals surface area contributed by atoms with Gasteiger partial charge in [-0.15, -0.1) is 0 Å². The van der Waals surface area contributed by atoms with Crippen molar-refractivity contribution in [1.29, 1.82) is 0 Å². The third-order valence-electron chi connectivity index (χ3n) is 6.81. The number of phenols is 1. The predicted octanol–water partition coefficient (Wildman–Crippen LogP) is 4.24. The lowest BCUT2D eigenvalue weighted by Crippen LogP contribution is -2.51. The molecule has 162 valence electrons. The first-order valence-electron chi connectivity index (χ1n) is 11.1. The van der Waals surface area contributed by atoms with Crippen LogP contribution in [0.2, 0.25) is 0 Å². The van der Waals surface area contributed by atoms with Crippen LogP contribution in [0.15, 0.2) is 58.3 Å². The van der Waals surface area contributed by atoms with Crippen molar-refractivity contribution in [3.05, 3.63) is 54.1 Å². The number of benzene rings is 2. The Morgan fingerprint density at radius 3 is 1.93 bits per heavy atom. The van der Waals surface area contributed by atoms with Crippen molar-refractivity contribution in [2.24, 2.45) is 0 Å². The van der Waals surface area contributed by atoms with Crippen molar-refractivity contribution in [2.75, 3.05) is 26.2 Å². The van der Waals surface area contributed by atoms with Crippen LogP contribution in [0.4, 0.5) is 0 Å². The Kier molecular flexibility index (Phi) is 6.46. The van der Waals surface area contributed by atoms with Gasteiger partial charge in [-0.1, -0.05) is 31.4 Å². The maximum Gasteiger partial charge on any atom is 0.206 e. The van der Waals surface area contributed by atoms with E-state index in [9.17, 15) is 13.5 Å². The standard InChI is InChI=1S/C24H32N2O3S/c1-19(25-15-17-26(18-16-25)21-5-3-2-4-6-21)20-7-11-23(12-8-20)30(28,29)24-13-9-22(27)10-14-24/h7-14,19,21,27H,2-6,15-18H2,1H3. The predicted molar refractivity (Wildman–Crippen MR) is 118 cm³/mol. The fraction of sp³-hybridized carbons (Fsp3) is 0.500. The van der Waals surface area contributed by atoms with Crippen molar-refractivity contribution in [2.45, 2.75) is 60.9 Å². The van der Waals surface area contributed by atoms with Gasteiger partial charge in [0.25, 0.3) is 0 Å². The molecule has 1 heterocycles. The normalized spacial score (nSPS) is 20.8. The molecule has 30 heavy (non-hydrogen) atoms. The lowest BCUT2D eigenvalue weighted by Gasteiger charge is -2.42. The quantitative estimate of drug-likeness (QED) is 0.772. The van der Waals surface area contributed by atoms with Crippen LogP contribution in [0.5, 0.6) is 5.75 Å². The number of piperazine rings is 1. The molecule has 2 fully saturated rings. The van der Waals surface area contributed by atoms with Gasteiger partial charge in [-0.25, -0.2) is 8.42 Å². The first-order chi connectivity index (χ1) is 14.4. The van der Waals surface area contributed by atoms with Crippen molar-refractivity contribution < 1.29 is 13.5 Å². The summed E-state index contributed by atoms with van der Waals surface area (Å²) in [5.74, 6) is 0.0571. The van der Waals surface area contributed by atoms with Gasteiger partial charge < -0.3 is 5.11 Å². The first kappa shape index (κ1) is 21.3. The van der Waals surface area contributed by atoms with Crippen LogP contribution in [-0.4, -0.2) is 55.5 Å². The zero-order valence-electron chi connectivity index (χ0n) is 17.7. The van der Waals surface area contributed by atoms with Crippen LogP contribution >= 0.6 is 0 Å². The highest BCUT2D eigenvalue weighted by atomic mass is 32.2. The highest BCUT2D eigenvalue weighted by Gasteiger charge is 2.27. The summed E-state index contributed by atoms with van der Waals surface area (Å²) in [5.41, 5.74) is 1.14. The SMILES string of the molecule is CC(c1ccc(S(=O)(=O)c2ccc(O)cc2)cc1)N1CCN(C2CCCCC2)CC1. The van der Waals surface area contributed by atoms with Gasteiger partial charge >= 0.3 is 0 Å². The minimum absolute atomic E-state index is 0.0571. The average molecular weight is 429 g/mol. The Labute approximate surface area is 180 Å². The maximum atomic E-state index is 12.8.